The molecule has 5 heteroatoms. The van der Waals surface area contributed by atoms with Gasteiger partial charge in [-0.2, -0.15) is 0 Å². The first-order valence-corrected chi connectivity index (χ1v) is 12.8. The van der Waals surface area contributed by atoms with E-state index in [9.17, 15) is 9.59 Å². The van der Waals surface area contributed by atoms with Gasteiger partial charge in [-0.15, -0.1) is 11.8 Å². The summed E-state index contributed by atoms with van der Waals surface area (Å²) in [4.78, 5) is 29.8. The molecule has 4 nitrogen and oxygen atoms in total. The number of amides is 2. The molecule has 0 aromatic heterocycles. The van der Waals surface area contributed by atoms with E-state index in [0.717, 1.165) is 16.0 Å². The van der Waals surface area contributed by atoms with Crippen molar-refractivity contribution in [2.75, 3.05) is 5.75 Å². The largest absolute Gasteiger partial charge is 0.352 e. The Morgan fingerprint density at radius 3 is 2.03 bits per heavy atom. The second-order valence-electron chi connectivity index (χ2n) is 8.79. The highest BCUT2D eigenvalue weighted by Crippen LogP contribution is 2.21. The molecule has 0 saturated heterocycles. The van der Waals surface area contributed by atoms with Crippen molar-refractivity contribution in [2.45, 2.75) is 57.1 Å². The fourth-order valence-corrected chi connectivity index (χ4v) is 4.59. The maximum Gasteiger partial charge on any atom is 0.243 e. The smallest absolute Gasteiger partial charge is 0.243 e. The predicted molar refractivity (Wildman–Crippen MR) is 141 cm³/mol. The second-order valence-corrected chi connectivity index (χ2v) is 9.96. The van der Waals surface area contributed by atoms with Crippen molar-refractivity contribution in [2.24, 2.45) is 0 Å². The van der Waals surface area contributed by atoms with Gasteiger partial charge >= 0.3 is 0 Å². The molecule has 0 radical (unpaired) electrons. The van der Waals surface area contributed by atoms with Crippen molar-refractivity contribution >= 4 is 23.6 Å². The highest BCUT2D eigenvalue weighted by Gasteiger charge is 2.30. The first-order valence-electron chi connectivity index (χ1n) is 11.8. The highest BCUT2D eigenvalue weighted by molar-refractivity contribution is 7.99. The molecule has 0 fully saturated rings. The molecular formula is C29H34N2O2S. The third-order valence-corrected chi connectivity index (χ3v) is 6.52. The van der Waals surface area contributed by atoms with Crippen LogP contribution in [0.2, 0.25) is 0 Å². The number of thioether (sulfide) groups is 1. The Labute approximate surface area is 207 Å². The van der Waals surface area contributed by atoms with Gasteiger partial charge in [0.1, 0.15) is 6.04 Å². The predicted octanol–water partition coefficient (Wildman–Crippen LogP) is 5.64. The number of nitrogens with one attached hydrogen (secondary N) is 1. The molecule has 3 aromatic rings. The van der Waals surface area contributed by atoms with Crippen LogP contribution < -0.4 is 5.32 Å². The Hall–Kier alpha value is -3.05. The monoisotopic (exact) mass is 474 g/mol. The third kappa shape index (κ3) is 8.07. The lowest BCUT2D eigenvalue weighted by molar-refractivity contribution is -0.141. The molecule has 0 bridgehead atoms. The van der Waals surface area contributed by atoms with Gasteiger partial charge in [0.05, 0.1) is 0 Å². The number of hydrogen-bond acceptors (Lipinski definition) is 3. The maximum absolute atomic E-state index is 13.5. The second kappa shape index (κ2) is 13.0. The lowest BCUT2D eigenvalue weighted by Crippen LogP contribution is -2.51. The fraction of sp³-hybridized carbons (Fsp3) is 0.310. The van der Waals surface area contributed by atoms with E-state index in [2.05, 4.69) is 36.5 Å². The summed E-state index contributed by atoms with van der Waals surface area (Å²) in [6.07, 6.45) is 0.842. The van der Waals surface area contributed by atoms with E-state index in [-0.39, 0.29) is 17.9 Å². The molecule has 0 heterocycles. The van der Waals surface area contributed by atoms with Gasteiger partial charge in [-0.25, -0.2) is 0 Å². The molecule has 1 N–H and O–H groups in total. The Morgan fingerprint density at radius 2 is 1.44 bits per heavy atom. The normalized spacial score (nSPS) is 11.8. The summed E-state index contributed by atoms with van der Waals surface area (Å²) in [6.45, 7) is 6.35. The van der Waals surface area contributed by atoms with Crippen LogP contribution in [-0.4, -0.2) is 34.6 Å². The minimum absolute atomic E-state index is 0.00320. The van der Waals surface area contributed by atoms with Crippen molar-refractivity contribution in [3.05, 3.63) is 102 Å². The van der Waals surface area contributed by atoms with Gasteiger partial charge in [0.25, 0.3) is 0 Å². The Kier molecular flexibility index (Phi) is 9.77. The van der Waals surface area contributed by atoms with Crippen LogP contribution in [0.1, 0.15) is 37.0 Å². The summed E-state index contributed by atoms with van der Waals surface area (Å²) in [6, 6.07) is 27.5. The lowest BCUT2D eigenvalue weighted by Gasteiger charge is -2.32. The Morgan fingerprint density at radius 1 is 0.853 bits per heavy atom. The molecule has 0 aliphatic rings. The van der Waals surface area contributed by atoms with Crippen LogP contribution >= 0.6 is 11.8 Å². The lowest BCUT2D eigenvalue weighted by atomic mass is 10.0. The van der Waals surface area contributed by atoms with Gasteiger partial charge < -0.3 is 10.2 Å². The van der Waals surface area contributed by atoms with Crippen LogP contribution in [0.3, 0.4) is 0 Å². The summed E-state index contributed by atoms with van der Waals surface area (Å²) in [5.41, 5.74) is 3.26. The summed E-state index contributed by atoms with van der Waals surface area (Å²) in [5, 5.41) is 3.03. The van der Waals surface area contributed by atoms with Crippen LogP contribution in [0.15, 0.2) is 89.8 Å². The molecule has 2 amide bonds. The summed E-state index contributed by atoms with van der Waals surface area (Å²) >= 11 is 1.67. The van der Waals surface area contributed by atoms with Gasteiger partial charge in [0.2, 0.25) is 11.8 Å². The van der Waals surface area contributed by atoms with E-state index in [1.807, 2.05) is 74.5 Å². The molecular weight excluding hydrogens is 440 g/mol. The zero-order valence-corrected chi connectivity index (χ0v) is 21.1. The number of nitrogens with zero attached hydrogens (tertiary/aromatic N) is 1. The molecule has 3 rings (SSSR count). The fourth-order valence-electron chi connectivity index (χ4n) is 3.75. The van der Waals surface area contributed by atoms with Gasteiger partial charge in [-0.3, -0.25) is 9.59 Å². The van der Waals surface area contributed by atoms with E-state index in [1.165, 1.54) is 5.56 Å². The van der Waals surface area contributed by atoms with Gasteiger partial charge in [-0.05, 0) is 44.0 Å². The SMILES string of the molecule is Cc1ccc(SCCC(=O)N(Cc2ccccc2)[C@@H](Cc2ccccc2)C(=O)NC(C)C)cc1. The van der Waals surface area contributed by atoms with Crippen molar-refractivity contribution in [1.29, 1.82) is 0 Å². The molecule has 1 atom stereocenters. The first kappa shape index (κ1) is 25.6. The zero-order valence-electron chi connectivity index (χ0n) is 20.2. The van der Waals surface area contributed by atoms with Crippen molar-refractivity contribution in [1.82, 2.24) is 10.2 Å². The Bertz CT molecular complexity index is 1040. The summed E-state index contributed by atoms with van der Waals surface area (Å²) < 4.78 is 0. The topological polar surface area (TPSA) is 49.4 Å². The van der Waals surface area contributed by atoms with Crippen molar-refractivity contribution in [3.63, 3.8) is 0 Å². The van der Waals surface area contributed by atoms with Crippen LogP contribution in [0, 0.1) is 6.92 Å². The molecule has 178 valence electrons. The number of hydrogen-bond donors (Lipinski definition) is 1. The number of rotatable bonds is 11. The standard InChI is InChI=1S/C29H34N2O2S/c1-22(2)30-29(33)27(20-24-10-6-4-7-11-24)31(21-25-12-8-5-9-13-25)28(32)18-19-34-26-16-14-23(3)15-17-26/h4-17,22,27H,18-21H2,1-3H3,(H,30,33)/t27-/m0/s1. The summed E-state index contributed by atoms with van der Waals surface area (Å²) in [5.74, 6) is 0.537. The van der Waals surface area contributed by atoms with Crippen LogP contribution in [0.5, 0.6) is 0 Å². The zero-order chi connectivity index (χ0) is 24.3. The van der Waals surface area contributed by atoms with Gasteiger partial charge in [0, 0.05) is 36.1 Å². The van der Waals surface area contributed by atoms with E-state index < -0.39 is 6.04 Å². The number of carbonyl (C=O) groups is 2. The number of benzene rings is 3. The van der Waals surface area contributed by atoms with Gasteiger partial charge in [0.15, 0.2) is 0 Å². The molecule has 0 saturated carbocycles. The van der Waals surface area contributed by atoms with Crippen LogP contribution in [0.25, 0.3) is 0 Å². The number of aryl methyl sites for hydroxylation is 1. The van der Waals surface area contributed by atoms with Crippen LogP contribution in [-0.2, 0) is 22.6 Å². The quantitative estimate of drug-likeness (QED) is 0.366. The van der Waals surface area contributed by atoms with E-state index in [1.54, 1.807) is 16.7 Å². The average Bonchev–Trinajstić information content (AvgIpc) is 2.83. The van der Waals surface area contributed by atoms with E-state index in [4.69, 9.17) is 0 Å². The van der Waals surface area contributed by atoms with Crippen LogP contribution in [0.4, 0.5) is 0 Å². The average molecular weight is 475 g/mol. The first-order chi connectivity index (χ1) is 16.4. The minimum atomic E-state index is -0.582. The Balaban J connectivity index is 1.81. The molecule has 3 aromatic carbocycles. The highest BCUT2D eigenvalue weighted by atomic mass is 32.2. The summed E-state index contributed by atoms with van der Waals surface area (Å²) in [7, 11) is 0. The van der Waals surface area contributed by atoms with E-state index in [0.29, 0.717) is 25.1 Å². The van der Waals surface area contributed by atoms with Crippen molar-refractivity contribution < 1.29 is 9.59 Å². The molecule has 0 aliphatic carbocycles. The van der Waals surface area contributed by atoms with E-state index >= 15 is 0 Å². The molecule has 0 aliphatic heterocycles. The maximum atomic E-state index is 13.5. The third-order valence-electron chi connectivity index (χ3n) is 5.50. The minimum Gasteiger partial charge on any atom is -0.352 e. The molecule has 0 spiro atoms. The van der Waals surface area contributed by atoms with Crippen molar-refractivity contribution in [3.8, 4) is 0 Å². The molecule has 0 unspecified atom stereocenters. The number of carbonyl (C=O) groups excluding carboxylic acids is 2. The molecule has 34 heavy (non-hydrogen) atoms. The van der Waals surface area contributed by atoms with Gasteiger partial charge in [-0.1, -0.05) is 78.4 Å².